The largest absolute Gasteiger partial charge is 0.459 e. The highest BCUT2D eigenvalue weighted by molar-refractivity contribution is 5.93. The van der Waals surface area contributed by atoms with Gasteiger partial charge in [0.25, 0.3) is 17.5 Å². The zero-order valence-electron chi connectivity index (χ0n) is 18.4. The third kappa shape index (κ3) is 5.17. The molecule has 0 spiro atoms. The summed E-state index contributed by atoms with van der Waals surface area (Å²) in [5.41, 5.74) is 0.188. The van der Waals surface area contributed by atoms with E-state index in [4.69, 9.17) is 13.9 Å². The summed E-state index contributed by atoms with van der Waals surface area (Å²) in [4.78, 5) is 53.2. The van der Waals surface area contributed by atoms with Gasteiger partial charge in [-0.2, -0.15) is 0 Å². The van der Waals surface area contributed by atoms with Crippen LogP contribution in [0.3, 0.4) is 0 Å². The Labute approximate surface area is 194 Å². The molecule has 0 atom stereocenters. The lowest BCUT2D eigenvalue weighted by Crippen LogP contribution is -2.51. The van der Waals surface area contributed by atoms with Crippen LogP contribution in [0.15, 0.2) is 41.0 Å². The highest BCUT2D eigenvalue weighted by Gasteiger charge is 2.27. The van der Waals surface area contributed by atoms with Crippen LogP contribution < -0.4 is 4.90 Å². The van der Waals surface area contributed by atoms with Gasteiger partial charge in [0.05, 0.1) is 30.0 Å². The Morgan fingerprint density at radius 3 is 2.35 bits per heavy atom. The van der Waals surface area contributed by atoms with Crippen molar-refractivity contribution in [2.24, 2.45) is 0 Å². The topological polar surface area (TPSA) is 136 Å². The lowest BCUT2D eigenvalue weighted by molar-refractivity contribution is -0.384. The van der Waals surface area contributed by atoms with Gasteiger partial charge < -0.3 is 28.6 Å². The Hall–Kier alpha value is -3.93. The SMILES string of the molecule is O=C(OCC(=O)N1CCN(C(=O)c2ccco2)CC1)c1ccc(N2CCOCC2)c([N+](=O)[O-])c1. The van der Waals surface area contributed by atoms with Gasteiger partial charge in [0, 0.05) is 45.3 Å². The number of furan rings is 1. The number of amides is 2. The van der Waals surface area contributed by atoms with Crippen LogP contribution in [-0.4, -0.2) is 91.6 Å². The molecule has 3 heterocycles. The second kappa shape index (κ2) is 10.3. The standard InChI is InChI=1S/C22H24N4O8/c27-20(24-5-7-25(8-6-24)21(28)19-2-1-11-33-19)15-34-22(29)16-3-4-17(18(14-16)26(30)31)23-9-12-32-13-10-23/h1-4,11,14H,5-10,12-13,15H2. The van der Waals surface area contributed by atoms with E-state index in [0.717, 1.165) is 6.07 Å². The van der Waals surface area contributed by atoms with Gasteiger partial charge in [-0.1, -0.05) is 0 Å². The zero-order chi connectivity index (χ0) is 24.1. The smallest absolute Gasteiger partial charge is 0.338 e. The van der Waals surface area contributed by atoms with Crippen molar-refractivity contribution in [2.75, 3.05) is 64.0 Å². The van der Waals surface area contributed by atoms with E-state index >= 15 is 0 Å². The Kier molecular flexibility index (Phi) is 7.07. The zero-order valence-corrected chi connectivity index (χ0v) is 18.4. The van der Waals surface area contributed by atoms with Gasteiger partial charge in [-0.3, -0.25) is 19.7 Å². The molecule has 2 fully saturated rings. The van der Waals surface area contributed by atoms with Crippen LogP contribution in [-0.2, 0) is 14.3 Å². The first-order chi connectivity index (χ1) is 16.4. The van der Waals surface area contributed by atoms with E-state index in [1.54, 1.807) is 17.0 Å². The predicted octanol–water partition coefficient (Wildman–Crippen LogP) is 1.17. The molecule has 0 bridgehead atoms. The maximum atomic E-state index is 12.5. The molecule has 1 aromatic heterocycles. The van der Waals surface area contributed by atoms with E-state index < -0.39 is 23.4 Å². The number of piperazine rings is 1. The fourth-order valence-corrected chi connectivity index (χ4v) is 3.89. The van der Waals surface area contributed by atoms with Gasteiger partial charge in [0.2, 0.25) is 0 Å². The highest BCUT2D eigenvalue weighted by Crippen LogP contribution is 2.30. The van der Waals surface area contributed by atoms with Crippen LogP contribution in [0.25, 0.3) is 0 Å². The number of hydrogen-bond donors (Lipinski definition) is 0. The van der Waals surface area contributed by atoms with Gasteiger partial charge in [-0.15, -0.1) is 0 Å². The summed E-state index contributed by atoms with van der Waals surface area (Å²) in [5, 5.41) is 11.6. The number of hydrogen-bond acceptors (Lipinski definition) is 9. The number of carbonyl (C=O) groups is 3. The minimum Gasteiger partial charge on any atom is -0.459 e. The first-order valence-electron chi connectivity index (χ1n) is 10.8. The summed E-state index contributed by atoms with van der Waals surface area (Å²) in [6.45, 7) is 2.71. The van der Waals surface area contributed by atoms with Crippen LogP contribution in [0.4, 0.5) is 11.4 Å². The molecule has 12 heteroatoms. The number of nitrogens with zero attached hydrogens (tertiary/aromatic N) is 4. The van der Waals surface area contributed by atoms with Crippen molar-refractivity contribution in [1.29, 1.82) is 0 Å². The van der Waals surface area contributed by atoms with Crippen molar-refractivity contribution in [3.05, 3.63) is 58.0 Å². The first kappa shape index (κ1) is 23.2. The molecule has 2 amide bonds. The molecule has 0 unspecified atom stereocenters. The van der Waals surface area contributed by atoms with Gasteiger partial charge in [-0.25, -0.2) is 4.79 Å². The Bertz CT molecular complexity index is 1060. The Balaban J connectivity index is 1.31. The molecule has 180 valence electrons. The van der Waals surface area contributed by atoms with Crippen LogP contribution in [0.5, 0.6) is 0 Å². The van der Waals surface area contributed by atoms with Gasteiger partial charge in [0.15, 0.2) is 12.4 Å². The average Bonchev–Trinajstić information content (AvgIpc) is 3.42. The second-order valence-corrected chi connectivity index (χ2v) is 7.79. The number of carbonyl (C=O) groups excluding carboxylic acids is 3. The molecule has 0 aliphatic carbocycles. The molecule has 2 aliphatic rings. The summed E-state index contributed by atoms with van der Waals surface area (Å²) in [6, 6.07) is 7.33. The van der Waals surface area contributed by atoms with Crippen LogP contribution in [0, 0.1) is 10.1 Å². The lowest BCUT2D eigenvalue weighted by atomic mass is 10.1. The number of morpholine rings is 1. The van der Waals surface area contributed by atoms with Crippen molar-refractivity contribution < 1.29 is 33.2 Å². The van der Waals surface area contributed by atoms with E-state index in [0.29, 0.717) is 58.2 Å². The van der Waals surface area contributed by atoms with Crippen molar-refractivity contribution in [1.82, 2.24) is 9.80 Å². The van der Waals surface area contributed by atoms with E-state index in [9.17, 15) is 24.5 Å². The lowest BCUT2D eigenvalue weighted by Gasteiger charge is -2.34. The van der Waals surface area contributed by atoms with E-state index in [1.807, 2.05) is 4.90 Å². The fraction of sp³-hybridized carbons (Fsp3) is 0.409. The third-order valence-corrected chi connectivity index (χ3v) is 5.74. The molecular weight excluding hydrogens is 448 g/mol. The summed E-state index contributed by atoms with van der Waals surface area (Å²) in [5.74, 6) is -1.23. The number of nitro benzene ring substituents is 1. The maximum Gasteiger partial charge on any atom is 0.338 e. The van der Waals surface area contributed by atoms with Crippen molar-refractivity contribution >= 4 is 29.2 Å². The molecule has 0 saturated carbocycles. The molecule has 0 radical (unpaired) electrons. The first-order valence-corrected chi connectivity index (χ1v) is 10.8. The molecular formula is C22H24N4O8. The minimum atomic E-state index is -0.823. The molecule has 2 aromatic rings. The molecule has 34 heavy (non-hydrogen) atoms. The quantitative estimate of drug-likeness (QED) is 0.345. The van der Waals surface area contributed by atoms with Gasteiger partial charge in [0.1, 0.15) is 5.69 Å². The van der Waals surface area contributed by atoms with Crippen LogP contribution in [0.1, 0.15) is 20.9 Å². The molecule has 1 aromatic carbocycles. The summed E-state index contributed by atoms with van der Waals surface area (Å²) >= 11 is 0. The fourth-order valence-electron chi connectivity index (χ4n) is 3.89. The van der Waals surface area contributed by atoms with E-state index in [-0.39, 0.29) is 22.9 Å². The normalized spacial score (nSPS) is 16.3. The number of ether oxygens (including phenoxy) is 2. The number of benzene rings is 1. The Morgan fingerprint density at radius 2 is 1.71 bits per heavy atom. The van der Waals surface area contributed by atoms with E-state index in [1.165, 1.54) is 23.3 Å². The van der Waals surface area contributed by atoms with Gasteiger partial charge in [-0.05, 0) is 24.3 Å². The van der Waals surface area contributed by atoms with Gasteiger partial charge >= 0.3 is 5.97 Å². The minimum absolute atomic E-state index is 0.00891. The number of anilines is 1. The number of rotatable bonds is 6. The van der Waals surface area contributed by atoms with E-state index in [2.05, 4.69) is 0 Å². The number of nitro groups is 1. The van der Waals surface area contributed by atoms with Crippen molar-refractivity contribution in [3.8, 4) is 0 Å². The van der Waals surface area contributed by atoms with Crippen LogP contribution in [0.2, 0.25) is 0 Å². The second-order valence-electron chi connectivity index (χ2n) is 7.79. The van der Waals surface area contributed by atoms with Crippen molar-refractivity contribution in [3.63, 3.8) is 0 Å². The molecule has 4 rings (SSSR count). The molecule has 0 N–H and O–H groups in total. The summed E-state index contributed by atoms with van der Waals surface area (Å²) in [7, 11) is 0. The Morgan fingerprint density at radius 1 is 1.00 bits per heavy atom. The molecule has 2 aliphatic heterocycles. The summed E-state index contributed by atoms with van der Waals surface area (Å²) in [6.07, 6.45) is 1.42. The predicted molar refractivity (Wildman–Crippen MR) is 118 cm³/mol. The summed E-state index contributed by atoms with van der Waals surface area (Å²) < 4.78 is 15.5. The monoisotopic (exact) mass is 472 g/mol. The van der Waals surface area contributed by atoms with Crippen molar-refractivity contribution in [2.45, 2.75) is 0 Å². The third-order valence-electron chi connectivity index (χ3n) is 5.74. The maximum absolute atomic E-state index is 12.5. The van der Waals surface area contributed by atoms with Crippen LogP contribution >= 0.6 is 0 Å². The average molecular weight is 472 g/mol. The molecule has 12 nitrogen and oxygen atoms in total. The molecule has 2 saturated heterocycles. The number of esters is 1. The highest BCUT2D eigenvalue weighted by atomic mass is 16.6.